The first kappa shape index (κ1) is 40.4. The van der Waals surface area contributed by atoms with Crippen molar-refractivity contribution in [2.75, 3.05) is 51.0 Å². The molecule has 1 aliphatic heterocycles. The lowest BCUT2D eigenvalue weighted by Gasteiger charge is -2.42. The number of aliphatic hydroxyl groups is 2. The molecule has 2 N–H and O–H groups in total. The van der Waals surface area contributed by atoms with Crippen molar-refractivity contribution >= 4 is 23.6 Å². The molecule has 1 aromatic heterocycles. The second-order valence-electron chi connectivity index (χ2n) is 14.9. The van der Waals surface area contributed by atoms with Crippen LogP contribution < -0.4 is 9.64 Å². The van der Waals surface area contributed by atoms with Gasteiger partial charge in [0.2, 0.25) is 5.91 Å². The highest BCUT2D eigenvalue weighted by Gasteiger charge is 2.47. The van der Waals surface area contributed by atoms with Crippen molar-refractivity contribution in [3.05, 3.63) is 17.8 Å². The number of hydrogen-bond acceptors (Lipinski definition) is 9. The summed E-state index contributed by atoms with van der Waals surface area (Å²) < 4.78 is 17.3. The highest BCUT2D eigenvalue weighted by Crippen LogP contribution is 2.33. The number of piperidine rings is 1. The third-order valence-electron chi connectivity index (χ3n) is 8.05. The number of ether oxygens (including phenoxy) is 3. The van der Waals surface area contributed by atoms with Gasteiger partial charge in [-0.05, 0) is 57.8 Å². The number of anilines is 1. The smallest absolute Gasteiger partial charge is 0.410 e. The lowest BCUT2D eigenvalue weighted by molar-refractivity contribution is -0.140. The van der Waals surface area contributed by atoms with E-state index >= 15 is 0 Å². The van der Waals surface area contributed by atoms with Crippen LogP contribution in [-0.2, 0) is 19.1 Å². The average molecular weight is 664 g/mol. The fourth-order valence-corrected chi connectivity index (χ4v) is 5.89. The maximum absolute atomic E-state index is 14.5. The van der Waals surface area contributed by atoms with Gasteiger partial charge >= 0.3 is 6.09 Å². The van der Waals surface area contributed by atoms with Crippen molar-refractivity contribution in [3.63, 3.8) is 0 Å². The maximum Gasteiger partial charge on any atom is 0.410 e. The van der Waals surface area contributed by atoms with Gasteiger partial charge in [-0.15, -0.1) is 0 Å². The molecule has 1 fully saturated rings. The topological polar surface area (TPSA) is 139 Å². The normalized spacial score (nSPS) is 19.3. The molecule has 268 valence electrons. The van der Waals surface area contributed by atoms with Crippen LogP contribution in [0.25, 0.3) is 0 Å². The molecule has 11 heteroatoms. The summed E-state index contributed by atoms with van der Waals surface area (Å²) >= 11 is 0. The van der Waals surface area contributed by atoms with Crippen LogP contribution in [0.3, 0.4) is 0 Å². The summed E-state index contributed by atoms with van der Waals surface area (Å²) in [6.45, 7) is 20.8. The number of hydrogen-bond donors (Lipinski definition) is 2. The van der Waals surface area contributed by atoms with Gasteiger partial charge in [-0.1, -0.05) is 41.5 Å². The molecule has 11 nitrogen and oxygen atoms in total. The average Bonchev–Trinajstić information content (AvgIpc) is 2.97. The summed E-state index contributed by atoms with van der Waals surface area (Å²) in [6.07, 6.45) is 1.14. The Labute approximate surface area is 282 Å². The molecule has 0 bridgehead atoms. The molecular formula is C36H61N3O8. The van der Waals surface area contributed by atoms with Crippen LogP contribution in [-0.4, -0.2) is 95.6 Å². The van der Waals surface area contributed by atoms with E-state index in [-0.39, 0.29) is 49.7 Å². The van der Waals surface area contributed by atoms with Crippen molar-refractivity contribution in [1.82, 2.24) is 9.88 Å². The first-order chi connectivity index (χ1) is 22.0. The fourth-order valence-electron chi connectivity index (χ4n) is 5.89. The minimum Gasteiger partial charge on any atom is -0.493 e. The van der Waals surface area contributed by atoms with Crippen LogP contribution in [0.15, 0.2) is 12.3 Å². The zero-order valence-electron chi connectivity index (χ0n) is 30.5. The van der Waals surface area contributed by atoms with E-state index in [0.29, 0.717) is 50.3 Å². The number of likely N-dealkylation sites (tertiary alicyclic amines) is 1. The predicted octanol–water partition coefficient (Wildman–Crippen LogP) is 5.46. The van der Waals surface area contributed by atoms with E-state index in [2.05, 4.69) is 18.8 Å². The summed E-state index contributed by atoms with van der Waals surface area (Å²) in [6, 6.07) is 1.72. The largest absolute Gasteiger partial charge is 0.493 e. The molecule has 2 amide bonds. The van der Waals surface area contributed by atoms with E-state index in [1.54, 1.807) is 33.0 Å². The van der Waals surface area contributed by atoms with Crippen LogP contribution in [0.2, 0.25) is 0 Å². The maximum atomic E-state index is 14.5. The molecule has 0 spiro atoms. The molecule has 2 rings (SSSR count). The van der Waals surface area contributed by atoms with E-state index in [1.165, 1.54) is 9.80 Å². The zero-order valence-corrected chi connectivity index (χ0v) is 30.5. The number of pyridine rings is 1. The number of nitrogens with zero attached hydrogens (tertiary/aromatic N) is 3. The quantitative estimate of drug-likeness (QED) is 0.208. The molecule has 0 saturated carbocycles. The minimum absolute atomic E-state index is 0.00956. The van der Waals surface area contributed by atoms with Gasteiger partial charge in [-0.2, -0.15) is 0 Å². The van der Waals surface area contributed by atoms with Gasteiger partial charge in [0.1, 0.15) is 23.0 Å². The Kier molecular flexibility index (Phi) is 16.1. The molecule has 1 aromatic rings. The number of rotatable bonds is 17. The number of aliphatic hydroxyl groups excluding tert-OH is 2. The Balaban J connectivity index is 2.53. The van der Waals surface area contributed by atoms with E-state index in [0.717, 1.165) is 12.0 Å². The molecule has 4 atom stereocenters. The summed E-state index contributed by atoms with van der Waals surface area (Å²) in [7, 11) is 0. The van der Waals surface area contributed by atoms with E-state index < -0.39 is 35.5 Å². The molecule has 0 aliphatic carbocycles. The van der Waals surface area contributed by atoms with Crippen LogP contribution in [0, 0.1) is 29.6 Å². The van der Waals surface area contributed by atoms with Crippen molar-refractivity contribution < 1.29 is 38.8 Å². The highest BCUT2D eigenvalue weighted by atomic mass is 16.6. The Morgan fingerprint density at radius 2 is 1.72 bits per heavy atom. The van der Waals surface area contributed by atoms with Gasteiger partial charge in [0, 0.05) is 70.1 Å². The van der Waals surface area contributed by atoms with Gasteiger partial charge in [0.15, 0.2) is 0 Å². The molecule has 1 aliphatic rings. The monoisotopic (exact) mass is 663 g/mol. The molecule has 0 unspecified atom stereocenters. The second kappa shape index (κ2) is 18.7. The van der Waals surface area contributed by atoms with Crippen LogP contribution in [0.1, 0.15) is 100.0 Å². The Bertz CT molecular complexity index is 1150. The van der Waals surface area contributed by atoms with E-state index in [9.17, 15) is 24.6 Å². The Hall–Kier alpha value is -2.76. The minimum atomic E-state index is -1.31. The molecule has 2 heterocycles. The predicted molar refractivity (Wildman–Crippen MR) is 183 cm³/mol. The van der Waals surface area contributed by atoms with Gasteiger partial charge < -0.3 is 29.3 Å². The number of Topliss-reactive ketones (excluding diaryl/α,β-unsaturated/α-hetero) is 1. The highest BCUT2D eigenvalue weighted by molar-refractivity contribution is 5.96. The molecule has 1 saturated heterocycles. The Morgan fingerprint density at radius 1 is 1.06 bits per heavy atom. The van der Waals surface area contributed by atoms with E-state index in [4.69, 9.17) is 14.2 Å². The van der Waals surface area contributed by atoms with Crippen molar-refractivity contribution in [2.24, 2.45) is 29.6 Å². The van der Waals surface area contributed by atoms with Gasteiger partial charge in [-0.3, -0.25) is 14.5 Å². The number of amides is 2. The van der Waals surface area contributed by atoms with E-state index in [1.807, 2.05) is 34.6 Å². The van der Waals surface area contributed by atoms with Crippen molar-refractivity contribution in [2.45, 2.75) is 106 Å². The number of aromatic nitrogens is 1. The number of carbonyl (C=O) groups excluding carboxylic acids is 3. The fraction of sp³-hybridized carbons (Fsp3) is 0.778. The van der Waals surface area contributed by atoms with Gasteiger partial charge in [0.05, 0.1) is 24.5 Å². The molecule has 0 aromatic carbocycles. The summed E-state index contributed by atoms with van der Waals surface area (Å²) in [5.74, 6) is -1.35. The lowest BCUT2D eigenvalue weighted by Crippen LogP contribution is -2.59. The summed E-state index contributed by atoms with van der Waals surface area (Å²) in [4.78, 5) is 49.3. The van der Waals surface area contributed by atoms with Crippen molar-refractivity contribution in [1.29, 1.82) is 0 Å². The standard InChI is InChI=1S/C36H61N3O8/c1-11-45-22-26(15-23(2)3)16-30(41)28-20-38(35(44)47-36(8,9)10)21-29(33(28)42)34(43)39(19-24(4)5)32-17-31(46-14-12-13-40)27(18-37-32)25(6)7/h17-18,23-26,28-29,33,40,42H,11-16,19-22H2,1-10H3/t26-,28-,29-,33+/m0/s1. The number of carbonyl (C=O) groups is 3. The first-order valence-electron chi connectivity index (χ1n) is 17.3. The summed E-state index contributed by atoms with van der Waals surface area (Å²) in [5, 5.41) is 21.0. The number of ketones is 1. The SMILES string of the molecule is CCOC[C@H](CC(=O)[C@@H]1CN(C(=O)OC(C)(C)C)C[C@H](C(=O)N(CC(C)C)c2cc(OCCCO)c(C(C)C)cn2)[C@@H]1O)CC(C)C. The first-order valence-corrected chi connectivity index (χ1v) is 17.3. The third kappa shape index (κ3) is 12.7. The van der Waals surface area contributed by atoms with Gasteiger partial charge in [-0.25, -0.2) is 9.78 Å². The summed E-state index contributed by atoms with van der Waals surface area (Å²) in [5.41, 5.74) is 0.0793. The zero-order chi connectivity index (χ0) is 35.5. The van der Waals surface area contributed by atoms with Crippen LogP contribution in [0.5, 0.6) is 5.75 Å². The lowest BCUT2D eigenvalue weighted by atomic mass is 9.79. The van der Waals surface area contributed by atoms with Gasteiger partial charge in [0.25, 0.3) is 0 Å². The van der Waals surface area contributed by atoms with Crippen molar-refractivity contribution in [3.8, 4) is 5.75 Å². The molecular weight excluding hydrogens is 602 g/mol. The molecule has 47 heavy (non-hydrogen) atoms. The van der Waals surface area contributed by atoms with Crippen LogP contribution >= 0.6 is 0 Å². The Morgan fingerprint density at radius 3 is 2.28 bits per heavy atom. The van der Waals surface area contributed by atoms with Crippen LogP contribution in [0.4, 0.5) is 10.6 Å². The molecule has 0 radical (unpaired) electrons. The third-order valence-corrected chi connectivity index (χ3v) is 8.05. The second-order valence-corrected chi connectivity index (χ2v) is 14.9.